The van der Waals surface area contributed by atoms with Gasteiger partial charge in [-0.05, 0) is 18.2 Å². The zero-order valence-corrected chi connectivity index (χ0v) is 15.4. The predicted molar refractivity (Wildman–Crippen MR) is 81.5 cm³/mol. The van der Waals surface area contributed by atoms with E-state index in [0.717, 1.165) is 0 Å². The van der Waals surface area contributed by atoms with E-state index in [-0.39, 0.29) is 45.6 Å². The molecule has 0 aliphatic heterocycles. The molecule has 9 nitrogen and oxygen atoms in total. The first-order valence-electron chi connectivity index (χ1n) is 6.23. The van der Waals surface area contributed by atoms with Crippen molar-refractivity contribution in [2.75, 3.05) is 5.43 Å². The van der Waals surface area contributed by atoms with Crippen molar-refractivity contribution in [2.24, 2.45) is 10.9 Å². The summed E-state index contributed by atoms with van der Waals surface area (Å²) in [5.74, 6) is 4.83. The van der Waals surface area contributed by atoms with Gasteiger partial charge in [0.15, 0.2) is 0 Å². The normalized spacial score (nSPS) is 10.9. The molecule has 1 amide bonds. The van der Waals surface area contributed by atoms with Crippen molar-refractivity contribution in [3.63, 3.8) is 0 Å². The summed E-state index contributed by atoms with van der Waals surface area (Å²) >= 11 is 0. The van der Waals surface area contributed by atoms with Gasteiger partial charge in [0.25, 0.3) is 5.91 Å². The van der Waals surface area contributed by atoms with E-state index >= 15 is 0 Å². The second kappa shape index (κ2) is 8.87. The number of nitrogens with two attached hydrogens (primary N) is 1. The first-order chi connectivity index (χ1) is 10.9. The first-order valence-corrected chi connectivity index (χ1v) is 7.63. The second-order valence-electron chi connectivity index (χ2n) is 4.27. The molecule has 0 spiro atoms. The molecule has 0 fully saturated rings. The molecule has 120 valence electrons. The summed E-state index contributed by atoms with van der Waals surface area (Å²) < 4.78 is 33.4. The summed E-state index contributed by atoms with van der Waals surface area (Å²) in [6.07, 6.45) is 2.48. The van der Waals surface area contributed by atoms with E-state index in [4.69, 9.17) is 5.84 Å². The molecule has 0 radical (unpaired) electrons. The van der Waals surface area contributed by atoms with E-state index in [9.17, 15) is 17.8 Å². The summed E-state index contributed by atoms with van der Waals surface area (Å²) in [7, 11) is -4.59. The number of benzene rings is 1. The van der Waals surface area contributed by atoms with E-state index in [2.05, 4.69) is 15.5 Å². The Morgan fingerprint density at radius 1 is 1.25 bits per heavy atom. The molecule has 1 aromatic heterocycles. The minimum Gasteiger partial charge on any atom is -0.744 e. The number of anilines is 1. The fourth-order valence-electron chi connectivity index (χ4n) is 1.66. The topological polar surface area (TPSA) is 150 Å². The van der Waals surface area contributed by atoms with Crippen LogP contribution in [0.25, 0.3) is 0 Å². The van der Waals surface area contributed by atoms with Gasteiger partial charge in [0.2, 0.25) is 0 Å². The average Bonchev–Trinajstić information content (AvgIpc) is 2.54. The molecule has 1 heterocycles. The van der Waals surface area contributed by atoms with Gasteiger partial charge < -0.3 is 4.55 Å². The summed E-state index contributed by atoms with van der Waals surface area (Å²) in [6, 6.07) is 8.62. The Balaban J connectivity index is 0.00000288. The monoisotopic (exact) mass is 357 g/mol. The molecule has 0 bridgehead atoms. The van der Waals surface area contributed by atoms with Crippen LogP contribution in [0, 0.1) is 0 Å². The third-order valence-corrected chi connectivity index (χ3v) is 3.64. The van der Waals surface area contributed by atoms with Crippen LogP contribution < -0.4 is 46.3 Å². The van der Waals surface area contributed by atoms with Gasteiger partial charge in [-0.25, -0.2) is 19.2 Å². The Bertz CT molecular complexity index is 840. The molecule has 0 saturated heterocycles. The van der Waals surface area contributed by atoms with E-state index in [1.165, 1.54) is 42.7 Å². The van der Waals surface area contributed by atoms with Gasteiger partial charge in [0.1, 0.15) is 15.9 Å². The molecule has 24 heavy (non-hydrogen) atoms. The van der Waals surface area contributed by atoms with Gasteiger partial charge in [-0.15, -0.1) is 0 Å². The van der Waals surface area contributed by atoms with Crippen LogP contribution >= 0.6 is 0 Å². The maximum atomic E-state index is 11.2. The molecular formula is C13H12N5NaO4S. The van der Waals surface area contributed by atoms with Crippen LogP contribution in [0.15, 0.2) is 52.6 Å². The van der Waals surface area contributed by atoms with Crippen LogP contribution in [0.4, 0.5) is 5.82 Å². The number of pyridine rings is 1. The molecule has 0 atom stereocenters. The number of hydrogen-bond donors (Lipinski definition) is 3. The van der Waals surface area contributed by atoms with Crippen molar-refractivity contribution >= 4 is 28.1 Å². The molecule has 0 unspecified atom stereocenters. The Morgan fingerprint density at radius 3 is 2.54 bits per heavy atom. The van der Waals surface area contributed by atoms with Gasteiger partial charge in [0.05, 0.1) is 16.7 Å². The number of amides is 1. The number of nitrogens with one attached hydrogen (secondary N) is 2. The van der Waals surface area contributed by atoms with Crippen LogP contribution in [0.3, 0.4) is 0 Å². The van der Waals surface area contributed by atoms with Crippen molar-refractivity contribution < 1.29 is 47.3 Å². The Hall–Kier alpha value is -1.82. The molecule has 0 aliphatic rings. The van der Waals surface area contributed by atoms with E-state index in [1.807, 2.05) is 5.43 Å². The number of aromatic nitrogens is 1. The van der Waals surface area contributed by atoms with E-state index < -0.39 is 16.0 Å². The van der Waals surface area contributed by atoms with Crippen LogP contribution in [-0.2, 0) is 10.1 Å². The smallest absolute Gasteiger partial charge is 0.744 e. The minimum absolute atomic E-state index is 0. The van der Waals surface area contributed by atoms with E-state index in [0.29, 0.717) is 5.82 Å². The number of nitrogen functional groups attached to an aromatic ring is 1. The number of carbonyl (C=O) groups is 1. The summed E-state index contributed by atoms with van der Waals surface area (Å²) in [5, 5.41) is 3.81. The second-order valence-corrected chi connectivity index (χ2v) is 5.62. The number of hydrazone groups is 1. The summed E-state index contributed by atoms with van der Waals surface area (Å²) in [4.78, 5) is 14.8. The largest absolute Gasteiger partial charge is 1.00 e. The zero-order chi connectivity index (χ0) is 16.9. The third-order valence-electron chi connectivity index (χ3n) is 2.73. The third kappa shape index (κ3) is 5.37. The van der Waals surface area contributed by atoms with Crippen LogP contribution in [-0.4, -0.2) is 30.1 Å². The number of nitrogens with zero attached hydrogens (tertiary/aromatic N) is 2. The molecule has 2 aromatic rings. The quantitative estimate of drug-likeness (QED) is 0.129. The maximum Gasteiger partial charge on any atom is 1.00 e. The SMILES string of the molecule is NNC(=O)c1ccc(N/N=C\c2ccccc2S(=O)(=O)[O-])nc1.[Na+]. The van der Waals surface area contributed by atoms with Crippen molar-refractivity contribution in [1.82, 2.24) is 10.4 Å². The van der Waals surface area contributed by atoms with Gasteiger partial charge in [0, 0.05) is 11.8 Å². The van der Waals surface area contributed by atoms with Crippen LogP contribution in [0.2, 0.25) is 0 Å². The zero-order valence-electron chi connectivity index (χ0n) is 12.6. The molecule has 11 heteroatoms. The van der Waals surface area contributed by atoms with Crippen LogP contribution in [0.5, 0.6) is 0 Å². The van der Waals surface area contributed by atoms with Gasteiger partial charge in [-0.3, -0.25) is 15.6 Å². The van der Waals surface area contributed by atoms with Gasteiger partial charge in [-0.1, -0.05) is 18.2 Å². The molecule has 2 rings (SSSR count). The van der Waals surface area contributed by atoms with Gasteiger partial charge in [-0.2, -0.15) is 5.10 Å². The number of rotatable bonds is 5. The van der Waals surface area contributed by atoms with Gasteiger partial charge >= 0.3 is 29.6 Å². The molecule has 4 N–H and O–H groups in total. The molecule has 0 saturated carbocycles. The first kappa shape index (κ1) is 20.2. The number of carbonyl (C=O) groups excluding carboxylic acids is 1. The molecule has 1 aromatic carbocycles. The van der Waals surface area contributed by atoms with Crippen LogP contribution in [0.1, 0.15) is 15.9 Å². The van der Waals surface area contributed by atoms with Crippen molar-refractivity contribution in [3.8, 4) is 0 Å². The predicted octanol–water partition coefficient (Wildman–Crippen LogP) is -2.96. The number of hydrazine groups is 1. The van der Waals surface area contributed by atoms with Crippen molar-refractivity contribution in [3.05, 3.63) is 53.7 Å². The summed E-state index contributed by atoms with van der Waals surface area (Å²) in [5.41, 5.74) is 4.94. The Labute approximate surface area is 160 Å². The van der Waals surface area contributed by atoms with E-state index in [1.54, 1.807) is 6.07 Å². The fourth-order valence-corrected chi connectivity index (χ4v) is 2.32. The molecule has 0 aliphatic carbocycles. The maximum absolute atomic E-state index is 11.2. The van der Waals surface area contributed by atoms with Crippen molar-refractivity contribution in [2.45, 2.75) is 4.90 Å². The standard InChI is InChI=1S/C13H13N5O4S.Na/c14-17-13(19)10-5-6-12(15-7-10)18-16-8-9-3-1-2-4-11(9)23(20,21)22;/h1-8H,14H2,(H,15,18)(H,17,19)(H,20,21,22);/q;+1/p-1/b16-8-;. The molecular weight excluding hydrogens is 345 g/mol. The van der Waals surface area contributed by atoms with Crippen molar-refractivity contribution in [1.29, 1.82) is 0 Å². The Kier molecular flexibility index (Phi) is 7.48. The average molecular weight is 357 g/mol. The number of hydrogen-bond acceptors (Lipinski definition) is 8. The minimum atomic E-state index is -4.59. The fraction of sp³-hybridized carbons (Fsp3) is 0. The summed E-state index contributed by atoms with van der Waals surface area (Å²) in [6.45, 7) is 0. The Morgan fingerprint density at radius 2 is 1.96 bits per heavy atom.